The quantitative estimate of drug-likeness (QED) is 0.600. The molecule has 4 N–H and O–H groups in total. The molecule has 0 heterocycles. The minimum Gasteiger partial charge on any atom is -0.392 e. The van der Waals surface area contributed by atoms with E-state index >= 15 is 0 Å². The van der Waals surface area contributed by atoms with Gasteiger partial charge >= 0.3 is 0 Å². The van der Waals surface area contributed by atoms with Crippen molar-refractivity contribution in [3.8, 4) is 0 Å². The summed E-state index contributed by atoms with van der Waals surface area (Å²) in [5.74, 6) is 0.438. The standard InChI is InChI=1S/C27H31NO3/c1-17-3-2-4-19(11-17)14-23(29)9-10-24-25-15-20(13-22(25)16-26(24)30)12-18-5-7-21(8-6-18)27(28)31/h2-11,13,22-26,29-30H,12,14-16H2,1H3,(H2,28,31)/b10-9+/t22-,23+,24+,25-,26+/m0/s1. The number of allylic oxidation sites excluding steroid dienone is 2. The largest absolute Gasteiger partial charge is 0.392 e. The molecule has 1 saturated carbocycles. The zero-order valence-corrected chi connectivity index (χ0v) is 17.9. The number of benzene rings is 2. The van der Waals surface area contributed by atoms with Crippen molar-refractivity contribution in [3.63, 3.8) is 0 Å². The van der Waals surface area contributed by atoms with Crippen molar-refractivity contribution < 1.29 is 15.0 Å². The number of nitrogens with two attached hydrogens (primary N) is 1. The summed E-state index contributed by atoms with van der Waals surface area (Å²) in [4.78, 5) is 11.2. The fraction of sp³-hybridized carbons (Fsp3) is 0.370. The van der Waals surface area contributed by atoms with Gasteiger partial charge in [-0.25, -0.2) is 0 Å². The van der Waals surface area contributed by atoms with E-state index in [-0.39, 0.29) is 12.0 Å². The molecule has 2 aliphatic rings. The van der Waals surface area contributed by atoms with Crippen molar-refractivity contribution >= 4 is 5.91 Å². The summed E-state index contributed by atoms with van der Waals surface area (Å²) in [5, 5.41) is 21.1. The van der Waals surface area contributed by atoms with Crippen LogP contribution in [0.3, 0.4) is 0 Å². The fourth-order valence-corrected chi connectivity index (χ4v) is 5.19. The Kier molecular flexibility index (Phi) is 6.40. The maximum absolute atomic E-state index is 11.2. The molecular formula is C27H31NO3. The van der Waals surface area contributed by atoms with Crippen LogP contribution in [0, 0.1) is 24.7 Å². The van der Waals surface area contributed by atoms with E-state index in [2.05, 4.69) is 25.1 Å². The van der Waals surface area contributed by atoms with Gasteiger partial charge in [0.25, 0.3) is 0 Å². The topological polar surface area (TPSA) is 83.5 Å². The van der Waals surface area contributed by atoms with Gasteiger partial charge in [0.15, 0.2) is 0 Å². The Bertz CT molecular complexity index is 992. The highest BCUT2D eigenvalue weighted by Gasteiger charge is 2.43. The van der Waals surface area contributed by atoms with Crippen LogP contribution in [-0.2, 0) is 12.8 Å². The molecule has 2 aromatic carbocycles. The van der Waals surface area contributed by atoms with Crippen molar-refractivity contribution in [2.75, 3.05) is 0 Å². The van der Waals surface area contributed by atoms with Crippen LogP contribution in [0.4, 0.5) is 0 Å². The van der Waals surface area contributed by atoms with Crippen LogP contribution in [0.2, 0.25) is 0 Å². The number of amides is 1. The molecule has 0 bridgehead atoms. The van der Waals surface area contributed by atoms with Gasteiger partial charge in [-0.1, -0.05) is 65.8 Å². The summed E-state index contributed by atoms with van der Waals surface area (Å²) >= 11 is 0. The van der Waals surface area contributed by atoms with Crippen molar-refractivity contribution in [3.05, 3.63) is 94.6 Å². The number of aryl methyl sites for hydroxylation is 1. The number of hydrogen-bond donors (Lipinski definition) is 3. The number of primary amides is 1. The lowest BCUT2D eigenvalue weighted by atomic mass is 9.88. The summed E-state index contributed by atoms with van der Waals surface area (Å²) in [5.41, 5.74) is 10.7. The van der Waals surface area contributed by atoms with E-state index in [1.165, 1.54) is 11.1 Å². The molecule has 31 heavy (non-hydrogen) atoms. The molecular weight excluding hydrogens is 386 g/mol. The molecule has 5 atom stereocenters. The van der Waals surface area contributed by atoms with Gasteiger partial charge in [-0.3, -0.25) is 4.79 Å². The van der Waals surface area contributed by atoms with E-state index in [9.17, 15) is 15.0 Å². The lowest BCUT2D eigenvalue weighted by Gasteiger charge is -2.19. The number of rotatable bonds is 7. The molecule has 4 rings (SSSR count). The molecule has 4 heteroatoms. The average molecular weight is 418 g/mol. The van der Waals surface area contributed by atoms with Crippen LogP contribution in [0.25, 0.3) is 0 Å². The Balaban J connectivity index is 1.36. The Hall–Kier alpha value is -2.69. The highest BCUT2D eigenvalue weighted by molar-refractivity contribution is 5.92. The molecule has 0 unspecified atom stereocenters. The van der Waals surface area contributed by atoms with Gasteiger partial charge in [0.1, 0.15) is 0 Å². The number of aliphatic hydroxyl groups excluding tert-OH is 2. The third kappa shape index (κ3) is 5.15. The number of fused-ring (bicyclic) bond motifs is 1. The Labute approximate surface area is 184 Å². The minimum atomic E-state index is -0.550. The second-order valence-corrected chi connectivity index (χ2v) is 9.12. The zero-order valence-electron chi connectivity index (χ0n) is 17.9. The second kappa shape index (κ2) is 9.21. The average Bonchev–Trinajstić information content (AvgIpc) is 3.23. The lowest BCUT2D eigenvalue weighted by Crippen LogP contribution is -2.18. The first-order valence-corrected chi connectivity index (χ1v) is 11.1. The first kappa shape index (κ1) is 21.5. The zero-order chi connectivity index (χ0) is 22.0. The van der Waals surface area contributed by atoms with E-state index in [0.29, 0.717) is 23.8 Å². The SMILES string of the molecule is Cc1cccc(C[C@H](O)/C=C/[C@@H]2[C@H]3CC(Cc4ccc(C(N)=O)cc4)=C[C@H]3C[C@H]2O)c1. The monoisotopic (exact) mass is 417 g/mol. The summed E-state index contributed by atoms with van der Waals surface area (Å²) in [6, 6.07) is 15.7. The van der Waals surface area contributed by atoms with Gasteiger partial charge in [-0.2, -0.15) is 0 Å². The van der Waals surface area contributed by atoms with Crippen molar-refractivity contribution in [2.45, 2.75) is 44.8 Å². The third-order valence-corrected chi connectivity index (χ3v) is 6.70. The molecule has 0 spiro atoms. The summed E-state index contributed by atoms with van der Waals surface area (Å²) in [6.45, 7) is 2.05. The molecule has 4 nitrogen and oxygen atoms in total. The van der Waals surface area contributed by atoms with Crippen molar-refractivity contribution in [1.82, 2.24) is 0 Å². The fourth-order valence-electron chi connectivity index (χ4n) is 5.19. The van der Waals surface area contributed by atoms with Crippen LogP contribution >= 0.6 is 0 Å². The van der Waals surface area contributed by atoms with Gasteiger partial charge in [-0.15, -0.1) is 0 Å². The number of hydrogen-bond acceptors (Lipinski definition) is 3. The predicted octanol–water partition coefficient (Wildman–Crippen LogP) is 3.74. The molecule has 162 valence electrons. The number of aliphatic hydroxyl groups is 2. The van der Waals surface area contributed by atoms with E-state index in [4.69, 9.17) is 5.73 Å². The predicted molar refractivity (Wildman–Crippen MR) is 122 cm³/mol. The number of carbonyl (C=O) groups is 1. The van der Waals surface area contributed by atoms with E-state index in [1.54, 1.807) is 12.1 Å². The number of carbonyl (C=O) groups excluding carboxylic acids is 1. The Morgan fingerprint density at radius 1 is 1.19 bits per heavy atom. The first-order chi connectivity index (χ1) is 14.9. The van der Waals surface area contributed by atoms with Crippen LogP contribution < -0.4 is 5.73 Å². The molecule has 0 aliphatic heterocycles. The van der Waals surface area contributed by atoms with Crippen LogP contribution in [0.5, 0.6) is 0 Å². The maximum Gasteiger partial charge on any atom is 0.248 e. The lowest BCUT2D eigenvalue weighted by molar-refractivity contribution is 0.1000. The normalized spacial score (nSPS) is 26.1. The van der Waals surface area contributed by atoms with Gasteiger partial charge in [0.2, 0.25) is 5.91 Å². The Morgan fingerprint density at radius 3 is 2.68 bits per heavy atom. The summed E-state index contributed by atoms with van der Waals surface area (Å²) in [6.07, 6.45) is 8.49. The van der Waals surface area contributed by atoms with Crippen molar-refractivity contribution in [2.24, 2.45) is 23.5 Å². The minimum absolute atomic E-state index is 0.0724. The molecule has 0 aromatic heterocycles. The molecule has 2 aliphatic carbocycles. The second-order valence-electron chi connectivity index (χ2n) is 9.12. The third-order valence-electron chi connectivity index (χ3n) is 6.70. The van der Waals surface area contributed by atoms with Gasteiger partial charge in [0, 0.05) is 17.9 Å². The highest BCUT2D eigenvalue weighted by atomic mass is 16.3. The summed E-state index contributed by atoms with van der Waals surface area (Å²) < 4.78 is 0. The molecule has 0 radical (unpaired) electrons. The molecule has 2 aromatic rings. The van der Waals surface area contributed by atoms with E-state index in [1.807, 2.05) is 36.4 Å². The van der Waals surface area contributed by atoms with Gasteiger partial charge < -0.3 is 15.9 Å². The van der Waals surface area contributed by atoms with E-state index < -0.39 is 12.0 Å². The Morgan fingerprint density at radius 2 is 1.97 bits per heavy atom. The van der Waals surface area contributed by atoms with E-state index in [0.717, 1.165) is 30.4 Å². The van der Waals surface area contributed by atoms with Gasteiger partial charge in [0.05, 0.1) is 12.2 Å². The first-order valence-electron chi connectivity index (χ1n) is 11.1. The maximum atomic E-state index is 11.2. The molecule has 1 fully saturated rings. The molecule has 0 saturated heterocycles. The van der Waals surface area contributed by atoms with Gasteiger partial charge in [-0.05, 0) is 61.3 Å². The molecule has 1 amide bonds. The van der Waals surface area contributed by atoms with Crippen LogP contribution in [0.15, 0.2) is 72.3 Å². The van der Waals surface area contributed by atoms with Crippen LogP contribution in [-0.4, -0.2) is 28.3 Å². The van der Waals surface area contributed by atoms with Crippen LogP contribution in [0.1, 0.15) is 39.9 Å². The van der Waals surface area contributed by atoms with Crippen molar-refractivity contribution in [1.29, 1.82) is 0 Å². The highest BCUT2D eigenvalue weighted by Crippen LogP contribution is 2.47. The summed E-state index contributed by atoms with van der Waals surface area (Å²) in [7, 11) is 0. The smallest absolute Gasteiger partial charge is 0.248 e.